The second-order valence-electron chi connectivity index (χ2n) is 3.12. The van der Waals surface area contributed by atoms with Gasteiger partial charge in [0.25, 0.3) is 9.05 Å². The molecule has 0 aromatic heterocycles. The van der Waals surface area contributed by atoms with Gasteiger partial charge in [0, 0.05) is 23.4 Å². The molecule has 1 aromatic carbocycles. The Morgan fingerprint density at radius 3 is 2.12 bits per heavy atom. The van der Waals surface area contributed by atoms with Crippen LogP contribution in [-0.4, -0.2) is 28.6 Å². The van der Waals surface area contributed by atoms with Crippen molar-refractivity contribution in [2.75, 3.05) is 14.2 Å². The van der Waals surface area contributed by atoms with Crippen LogP contribution >= 0.6 is 10.7 Å². The third-order valence-electron chi connectivity index (χ3n) is 2.24. The SMILES string of the molecule is COC(=O)[C@](OC)(c1ccccc1)S(=O)(=O)Cl. The summed E-state index contributed by atoms with van der Waals surface area (Å²) < 4.78 is 32.6. The molecule has 0 radical (unpaired) electrons. The predicted molar refractivity (Wildman–Crippen MR) is 61.9 cm³/mol. The highest BCUT2D eigenvalue weighted by atomic mass is 35.7. The fourth-order valence-electron chi connectivity index (χ4n) is 1.45. The number of halogens is 1. The molecule has 0 saturated heterocycles. The lowest BCUT2D eigenvalue weighted by atomic mass is 10.1. The summed E-state index contributed by atoms with van der Waals surface area (Å²) in [7, 11) is 3.08. The molecule has 1 aromatic rings. The molecule has 5 nitrogen and oxygen atoms in total. The number of methoxy groups -OCH3 is 2. The fourth-order valence-corrected chi connectivity index (χ4v) is 3.00. The number of ether oxygens (including phenoxy) is 2. The van der Waals surface area contributed by atoms with Gasteiger partial charge in [-0.3, -0.25) is 0 Å². The van der Waals surface area contributed by atoms with Gasteiger partial charge >= 0.3 is 10.9 Å². The van der Waals surface area contributed by atoms with Crippen molar-refractivity contribution in [1.29, 1.82) is 0 Å². The molecule has 0 aliphatic carbocycles. The van der Waals surface area contributed by atoms with Gasteiger partial charge in [0.05, 0.1) is 7.11 Å². The molecule has 0 amide bonds. The van der Waals surface area contributed by atoms with Crippen LogP contribution in [0.2, 0.25) is 0 Å². The first kappa shape index (κ1) is 14.0. The highest BCUT2D eigenvalue weighted by Crippen LogP contribution is 2.35. The minimum Gasteiger partial charge on any atom is -0.466 e. The van der Waals surface area contributed by atoms with Crippen molar-refractivity contribution in [3.63, 3.8) is 0 Å². The Morgan fingerprint density at radius 1 is 1.24 bits per heavy atom. The summed E-state index contributed by atoms with van der Waals surface area (Å²) in [6.45, 7) is 0. The number of benzene rings is 1. The molecule has 0 fully saturated rings. The minimum atomic E-state index is -4.37. The van der Waals surface area contributed by atoms with E-state index in [0.29, 0.717) is 0 Å². The molecule has 0 spiro atoms. The third kappa shape index (κ3) is 2.29. The zero-order valence-electron chi connectivity index (χ0n) is 9.21. The Kier molecular flexibility index (Phi) is 4.13. The van der Waals surface area contributed by atoms with Gasteiger partial charge in [-0.2, -0.15) is 0 Å². The van der Waals surface area contributed by atoms with Gasteiger partial charge in [-0.1, -0.05) is 30.3 Å². The summed E-state index contributed by atoms with van der Waals surface area (Å²) in [6.07, 6.45) is 0. The average Bonchev–Trinajstić information content (AvgIpc) is 2.30. The van der Waals surface area contributed by atoms with Crippen LogP contribution in [-0.2, 0) is 28.3 Å². The summed E-state index contributed by atoms with van der Waals surface area (Å²) in [5.74, 6) is -1.10. The van der Waals surface area contributed by atoms with Crippen LogP contribution in [0.15, 0.2) is 30.3 Å². The molecule has 17 heavy (non-hydrogen) atoms. The zero-order chi connectivity index (χ0) is 13.1. The van der Waals surface area contributed by atoms with Gasteiger partial charge in [0.1, 0.15) is 0 Å². The maximum Gasteiger partial charge on any atom is 0.360 e. The van der Waals surface area contributed by atoms with E-state index in [9.17, 15) is 13.2 Å². The molecule has 1 rings (SSSR count). The lowest BCUT2D eigenvalue weighted by Crippen LogP contribution is -2.43. The second kappa shape index (κ2) is 5.03. The first-order chi connectivity index (χ1) is 7.90. The predicted octanol–water partition coefficient (Wildman–Crippen LogP) is 1.23. The zero-order valence-corrected chi connectivity index (χ0v) is 10.8. The van der Waals surface area contributed by atoms with Crippen molar-refractivity contribution >= 4 is 25.7 Å². The summed E-state index contributed by atoms with van der Waals surface area (Å²) in [6, 6.07) is 7.63. The fraction of sp³-hybridized carbons (Fsp3) is 0.300. The van der Waals surface area contributed by atoms with Crippen molar-refractivity contribution in [3.8, 4) is 0 Å². The van der Waals surface area contributed by atoms with Gasteiger partial charge in [-0.05, 0) is 0 Å². The number of carbonyl (C=O) groups excluding carboxylic acids is 1. The van der Waals surface area contributed by atoms with E-state index in [1.54, 1.807) is 18.2 Å². The second-order valence-corrected chi connectivity index (χ2v) is 5.79. The number of hydrogen-bond acceptors (Lipinski definition) is 5. The molecule has 0 heterocycles. The molecule has 0 unspecified atom stereocenters. The molecule has 0 N–H and O–H groups in total. The van der Waals surface area contributed by atoms with Crippen LogP contribution in [0.25, 0.3) is 0 Å². The molecule has 0 aliphatic heterocycles. The third-order valence-corrected chi connectivity index (χ3v) is 4.15. The molecule has 7 heteroatoms. The molecule has 0 bridgehead atoms. The van der Waals surface area contributed by atoms with Crippen LogP contribution in [0.1, 0.15) is 5.56 Å². The van der Waals surface area contributed by atoms with Crippen LogP contribution in [0.5, 0.6) is 0 Å². The van der Waals surface area contributed by atoms with Crippen molar-refractivity contribution < 1.29 is 22.7 Å². The van der Waals surface area contributed by atoms with E-state index in [-0.39, 0.29) is 5.56 Å². The van der Waals surface area contributed by atoms with Gasteiger partial charge in [0.15, 0.2) is 0 Å². The van der Waals surface area contributed by atoms with E-state index < -0.39 is 20.0 Å². The lowest BCUT2D eigenvalue weighted by Gasteiger charge is -2.26. The maximum atomic E-state index is 11.7. The first-order valence-corrected chi connectivity index (χ1v) is 6.84. The number of hydrogen-bond donors (Lipinski definition) is 0. The minimum absolute atomic E-state index is 0.0874. The van der Waals surface area contributed by atoms with Gasteiger partial charge < -0.3 is 9.47 Å². The van der Waals surface area contributed by atoms with E-state index in [0.717, 1.165) is 14.2 Å². The monoisotopic (exact) mass is 278 g/mol. The van der Waals surface area contributed by atoms with Crippen molar-refractivity contribution in [1.82, 2.24) is 0 Å². The van der Waals surface area contributed by atoms with E-state index in [4.69, 9.17) is 15.4 Å². The van der Waals surface area contributed by atoms with Crippen molar-refractivity contribution in [3.05, 3.63) is 35.9 Å². The maximum absolute atomic E-state index is 11.7. The Morgan fingerprint density at radius 2 is 1.76 bits per heavy atom. The molecular formula is C10H11ClO5S. The number of carbonyl (C=O) groups is 1. The lowest BCUT2D eigenvalue weighted by molar-refractivity contribution is -0.157. The Balaban J connectivity index is 3.54. The summed E-state index contributed by atoms with van der Waals surface area (Å²) in [5.41, 5.74) is 0.0874. The van der Waals surface area contributed by atoms with E-state index >= 15 is 0 Å². The van der Waals surface area contributed by atoms with Crippen LogP contribution < -0.4 is 0 Å². The average molecular weight is 279 g/mol. The topological polar surface area (TPSA) is 69.7 Å². The molecule has 0 saturated carbocycles. The summed E-state index contributed by atoms with van der Waals surface area (Å²) in [5, 5.41) is 0. The van der Waals surface area contributed by atoms with E-state index in [1.165, 1.54) is 12.1 Å². The first-order valence-electron chi connectivity index (χ1n) is 4.53. The van der Waals surface area contributed by atoms with E-state index in [1.807, 2.05) is 0 Å². The smallest absolute Gasteiger partial charge is 0.360 e. The van der Waals surface area contributed by atoms with Crippen LogP contribution in [0.3, 0.4) is 0 Å². The van der Waals surface area contributed by atoms with Crippen LogP contribution in [0.4, 0.5) is 0 Å². The standard InChI is InChI=1S/C10H11ClO5S/c1-15-9(12)10(16-2,17(11,13)14)8-6-4-3-5-7-8/h3-7H,1-2H3/t10-/m0/s1. The Bertz CT molecular complexity index is 499. The van der Waals surface area contributed by atoms with Gasteiger partial charge in [-0.15, -0.1) is 0 Å². The molecule has 0 aliphatic rings. The largest absolute Gasteiger partial charge is 0.466 e. The quantitative estimate of drug-likeness (QED) is 0.612. The number of rotatable bonds is 4. The molecule has 1 atom stereocenters. The van der Waals surface area contributed by atoms with Gasteiger partial charge in [0.2, 0.25) is 0 Å². The normalized spacial score (nSPS) is 15.0. The van der Waals surface area contributed by atoms with Crippen molar-refractivity contribution in [2.24, 2.45) is 0 Å². The summed E-state index contributed by atoms with van der Waals surface area (Å²) in [4.78, 5) is 9.36. The molecular weight excluding hydrogens is 268 g/mol. The van der Waals surface area contributed by atoms with E-state index in [2.05, 4.69) is 4.74 Å². The Hall–Kier alpha value is -1.11. The summed E-state index contributed by atoms with van der Waals surface area (Å²) >= 11 is 0. The Labute approximate surface area is 104 Å². The highest BCUT2D eigenvalue weighted by Gasteiger charge is 2.53. The van der Waals surface area contributed by atoms with Gasteiger partial charge in [-0.25, -0.2) is 13.2 Å². The van der Waals surface area contributed by atoms with Crippen LogP contribution in [0, 0.1) is 0 Å². The highest BCUT2D eigenvalue weighted by molar-refractivity contribution is 8.14. The molecule has 94 valence electrons. The number of esters is 1. The van der Waals surface area contributed by atoms with Crippen molar-refractivity contribution in [2.45, 2.75) is 4.93 Å².